The number of nitrogens with zero attached hydrogens (tertiary/aromatic N) is 2. The van der Waals surface area contributed by atoms with Crippen LogP contribution in [-0.2, 0) is 14.5 Å². The number of nitrogens with two attached hydrogens (primary N) is 2. The third-order valence-corrected chi connectivity index (χ3v) is 8.29. The first-order valence-electron chi connectivity index (χ1n) is 11.0. The number of hydrogen-bond acceptors (Lipinski definition) is 11. The lowest BCUT2D eigenvalue weighted by molar-refractivity contribution is 0.00777. The van der Waals surface area contributed by atoms with Crippen LogP contribution in [0.15, 0.2) is 42.9 Å². The lowest BCUT2D eigenvalue weighted by Gasteiger charge is -2.21. The van der Waals surface area contributed by atoms with Crippen molar-refractivity contribution in [2.45, 2.75) is 36.8 Å². The summed E-state index contributed by atoms with van der Waals surface area (Å²) >= 11 is 13.7. The van der Waals surface area contributed by atoms with Gasteiger partial charge in [-0.05, 0) is 30.2 Å². The van der Waals surface area contributed by atoms with E-state index in [1.165, 1.54) is 12.5 Å². The number of aliphatic hydroxyl groups excluding tert-OH is 3. The number of halogens is 2. The second-order valence-electron chi connectivity index (χ2n) is 8.64. The van der Waals surface area contributed by atoms with E-state index >= 15 is 0 Å². The van der Waals surface area contributed by atoms with E-state index < -0.39 is 53.2 Å². The number of rotatable bonds is 9. The third kappa shape index (κ3) is 6.57. The highest BCUT2D eigenvalue weighted by atomic mass is 35.5. The maximum atomic E-state index is 11.2. The van der Waals surface area contributed by atoms with E-state index in [-0.39, 0.29) is 12.2 Å². The molecule has 1 aliphatic carbocycles. The molecule has 0 aliphatic heterocycles. The van der Waals surface area contributed by atoms with Crippen molar-refractivity contribution >= 4 is 50.7 Å². The van der Waals surface area contributed by atoms with Gasteiger partial charge in [-0.25, -0.2) is 15.1 Å². The maximum absolute atomic E-state index is 11.2. The third-order valence-electron chi connectivity index (χ3n) is 6.15. The molecule has 0 radical (unpaired) electrons. The van der Waals surface area contributed by atoms with Crippen LogP contribution in [-0.4, -0.2) is 58.6 Å². The second-order valence-corrected chi connectivity index (χ2v) is 12.0. The lowest BCUT2D eigenvalue weighted by Crippen LogP contribution is -2.36. The van der Waals surface area contributed by atoms with Crippen LogP contribution in [0.4, 0.5) is 5.82 Å². The smallest absolute Gasteiger partial charge is 0.333 e. The molecular weight excluding hydrogens is 565 g/mol. The number of anilines is 1. The Hall–Kier alpha value is -1.91. The summed E-state index contributed by atoms with van der Waals surface area (Å²) in [6, 6.07) is 7.51. The van der Waals surface area contributed by atoms with Crippen LogP contribution in [0.3, 0.4) is 0 Å². The number of nitrogens with one attached hydrogen (secondary N) is 1. The molecule has 8 N–H and O–H groups in total. The molecule has 4 rings (SSSR count). The van der Waals surface area contributed by atoms with Gasteiger partial charge in [-0.15, -0.1) is 11.3 Å². The predicted molar refractivity (Wildman–Crippen MR) is 139 cm³/mol. The topological polar surface area (TPSA) is 194 Å². The summed E-state index contributed by atoms with van der Waals surface area (Å²) in [7, 11) is -4.20. The zero-order valence-corrected chi connectivity index (χ0v) is 22.3. The van der Waals surface area contributed by atoms with Crippen molar-refractivity contribution in [1.82, 2.24) is 9.97 Å². The molecule has 3 aromatic rings. The monoisotopic (exact) mass is 589 g/mol. The standard InChI is InChI=1S/C22H25Cl2N5O6S2/c23-12-3-1-2-10(4-12)17(25)13-6-16(36-21(13)24)19(31)14-7-27-9-28-22(14)29-15-5-11(18(30)20(15)32)8-35-37(26,33)34/h1-4,6-7,9,11,15,17-20,30-32H,5,8,25H2,(H2,26,33,34)(H,27,28,29)/t11-,15-,17?,18-,19?,20+/m1/s1. The van der Waals surface area contributed by atoms with Gasteiger partial charge in [-0.2, -0.15) is 8.42 Å². The number of hydrogen-bond donors (Lipinski definition) is 6. The quantitative estimate of drug-likeness (QED) is 0.214. The number of aromatic nitrogens is 2. The molecule has 37 heavy (non-hydrogen) atoms. The van der Waals surface area contributed by atoms with Gasteiger partial charge in [0.2, 0.25) is 0 Å². The normalized spacial score (nSPS) is 23.6. The van der Waals surface area contributed by atoms with Gasteiger partial charge in [-0.3, -0.25) is 4.18 Å². The Morgan fingerprint density at radius 2 is 1.97 bits per heavy atom. The number of benzene rings is 1. The minimum atomic E-state index is -4.20. The molecule has 0 saturated heterocycles. The van der Waals surface area contributed by atoms with E-state index in [4.69, 9.17) is 34.1 Å². The highest BCUT2D eigenvalue weighted by Crippen LogP contribution is 2.40. The molecule has 0 amide bonds. The summed E-state index contributed by atoms with van der Waals surface area (Å²) in [5, 5.41) is 40.4. The fourth-order valence-corrected chi connectivity index (χ4v) is 6.17. The van der Waals surface area contributed by atoms with Gasteiger partial charge in [0.25, 0.3) is 0 Å². The van der Waals surface area contributed by atoms with E-state index in [0.29, 0.717) is 25.4 Å². The van der Waals surface area contributed by atoms with Crippen LogP contribution in [0.1, 0.15) is 40.1 Å². The van der Waals surface area contributed by atoms with Crippen molar-refractivity contribution in [3.63, 3.8) is 0 Å². The Balaban J connectivity index is 1.53. The first kappa shape index (κ1) is 28.1. The average molecular weight is 591 g/mol. The van der Waals surface area contributed by atoms with Gasteiger partial charge in [0.1, 0.15) is 24.4 Å². The van der Waals surface area contributed by atoms with Gasteiger partial charge in [-0.1, -0.05) is 35.3 Å². The molecule has 1 aliphatic rings. The van der Waals surface area contributed by atoms with Gasteiger partial charge in [0, 0.05) is 33.1 Å². The zero-order chi connectivity index (χ0) is 26.9. The molecule has 2 aromatic heterocycles. The van der Waals surface area contributed by atoms with Crippen LogP contribution in [0, 0.1) is 5.92 Å². The van der Waals surface area contributed by atoms with Gasteiger partial charge in [0.05, 0.1) is 29.1 Å². The lowest BCUT2D eigenvalue weighted by atomic mass is 10.0. The molecule has 15 heteroatoms. The highest BCUT2D eigenvalue weighted by Gasteiger charge is 2.42. The minimum absolute atomic E-state index is 0.154. The van der Waals surface area contributed by atoms with E-state index in [1.807, 2.05) is 6.07 Å². The number of aliphatic hydroxyl groups is 3. The second kappa shape index (κ2) is 11.5. The van der Waals surface area contributed by atoms with Crippen molar-refractivity contribution in [1.29, 1.82) is 0 Å². The summed E-state index contributed by atoms with van der Waals surface area (Å²) in [5.74, 6) is -0.482. The zero-order valence-electron chi connectivity index (χ0n) is 19.1. The van der Waals surface area contributed by atoms with Crippen LogP contribution in [0.2, 0.25) is 9.36 Å². The predicted octanol–water partition coefficient (Wildman–Crippen LogP) is 1.72. The van der Waals surface area contributed by atoms with E-state index in [9.17, 15) is 23.7 Å². The SMILES string of the molecule is NC(c1cccc(Cl)c1)c1cc(C(O)c2cncnc2N[C@@H]2C[C@H](COS(N)(=O)=O)[C@@H](O)[C@H]2O)sc1Cl. The summed E-state index contributed by atoms with van der Waals surface area (Å²) in [6.07, 6.45) is -0.866. The largest absolute Gasteiger partial charge is 0.390 e. The summed E-state index contributed by atoms with van der Waals surface area (Å²) in [6.45, 7) is -0.391. The maximum Gasteiger partial charge on any atom is 0.333 e. The molecule has 6 atom stereocenters. The Morgan fingerprint density at radius 3 is 2.68 bits per heavy atom. The Kier molecular flexibility index (Phi) is 8.70. The highest BCUT2D eigenvalue weighted by molar-refractivity contribution is 7.84. The molecule has 2 heterocycles. The van der Waals surface area contributed by atoms with Crippen molar-refractivity contribution in [2.75, 3.05) is 11.9 Å². The fourth-order valence-electron chi connectivity index (χ4n) is 4.23. The Labute approximate surface area is 227 Å². The number of thiophene rings is 1. The van der Waals surface area contributed by atoms with Crippen molar-refractivity contribution in [2.24, 2.45) is 16.8 Å². The van der Waals surface area contributed by atoms with E-state index in [2.05, 4.69) is 19.5 Å². The Bertz CT molecular complexity index is 1360. The van der Waals surface area contributed by atoms with Crippen molar-refractivity contribution in [3.8, 4) is 0 Å². The molecule has 200 valence electrons. The fraction of sp³-hybridized carbons (Fsp3) is 0.364. The van der Waals surface area contributed by atoms with Gasteiger partial charge in [0.15, 0.2) is 0 Å². The van der Waals surface area contributed by atoms with Gasteiger partial charge < -0.3 is 26.4 Å². The van der Waals surface area contributed by atoms with Crippen molar-refractivity contribution < 1.29 is 27.9 Å². The van der Waals surface area contributed by atoms with Gasteiger partial charge >= 0.3 is 10.3 Å². The Morgan fingerprint density at radius 1 is 1.22 bits per heavy atom. The summed E-state index contributed by atoms with van der Waals surface area (Å²) in [5.41, 5.74) is 8.08. The average Bonchev–Trinajstić information content (AvgIpc) is 3.36. The molecule has 1 fully saturated rings. The first-order valence-corrected chi connectivity index (χ1v) is 14.1. The van der Waals surface area contributed by atoms with E-state index in [1.54, 1.807) is 24.3 Å². The first-order chi connectivity index (χ1) is 17.4. The molecule has 2 unspecified atom stereocenters. The van der Waals surface area contributed by atoms with Crippen LogP contribution < -0.4 is 16.2 Å². The van der Waals surface area contributed by atoms with Crippen LogP contribution in [0.25, 0.3) is 0 Å². The molecule has 1 aromatic carbocycles. The molecular formula is C22H25Cl2N5O6S2. The van der Waals surface area contributed by atoms with Crippen LogP contribution >= 0.6 is 34.5 Å². The summed E-state index contributed by atoms with van der Waals surface area (Å²) in [4.78, 5) is 8.68. The van der Waals surface area contributed by atoms with E-state index in [0.717, 1.165) is 16.9 Å². The summed E-state index contributed by atoms with van der Waals surface area (Å²) < 4.78 is 27.2. The van der Waals surface area contributed by atoms with Crippen LogP contribution in [0.5, 0.6) is 0 Å². The molecule has 0 bridgehead atoms. The minimum Gasteiger partial charge on any atom is -0.390 e. The molecule has 1 saturated carbocycles. The van der Waals surface area contributed by atoms with Crippen molar-refractivity contribution in [3.05, 3.63) is 73.8 Å². The molecule has 0 spiro atoms. The molecule has 11 nitrogen and oxygen atoms in total.